The highest BCUT2D eigenvalue weighted by atomic mass is 32.2. The minimum absolute atomic E-state index is 0.00981. The third-order valence-electron chi connectivity index (χ3n) is 20.2. The van der Waals surface area contributed by atoms with Crippen molar-refractivity contribution in [2.45, 2.75) is 297 Å². The summed E-state index contributed by atoms with van der Waals surface area (Å²) in [6, 6.07) is -30.3. The number of rotatable bonds is 40. The van der Waals surface area contributed by atoms with Gasteiger partial charge >= 0.3 is 0 Å². The molecule has 0 amide bonds. The molecule has 16 N–H and O–H groups in total. The van der Waals surface area contributed by atoms with Crippen molar-refractivity contribution in [3.05, 3.63) is 140 Å². The Hall–Kier alpha value is -9.52. The molecule has 24 atom stereocenters. The first kappa shape index (κ1) is 50.2. The number of aliphatic hydroxyl groups excluding tert-OH is 2. The normalized spacial score (nSPS) is 46.7. The zero-order valence-electron chi connectivity index (χ0n) is 143. The maximum atomic E-state index is 14.9. The average molecular weight is 2140 g/mol. The van der Waals surface area contributed by atoms with Crippen LogP contribution in [0.15, 0.2) is 93.1 Å². The van der Waals surface area contributed by atoms with Crippen LogP contribution in [0.5, 0.6) is 0 Å². The van der Waals surface area contributed by atoms with E-state index in [1.807, 2.05) is 0 Å². The molecule has 0 saturated heterocycles. The Balaban J connectivity index is 0.000000182. The van der Waals surface area contributed by atoms with Crippen LogP contribution in [0.2, 0.25) is 0 Å². The molecule has 0 unspecified atom stereocenters. The molecule has 8 aliphatic rings. The van der Waals surface area contributed by atoms with Crippen molar-refractivity contribution in [1.29, 1.82) is 0 Å². The topological polar surface area (TPSA) is 554 Å². The van der Waals surface area contributed by atoms with Crippen LogP contribution < -0.4 is 21.3 Å². The van der Waals surface area contributed by atoms with Crippen LogP contribution in [-0.2, 0) is 18.9 Å². The molecule has 8 saturated carbocycles. The molecule has 144 heavy (non-hydrogen) atoms. The van der Waals surface area contributed by atoms with Gasteiger partial charge in [-0.25, -0.2) is 76.2 Å². The zero-order valence-corrected chi connectivity index (χ0v) is 77.8. The van der Waals surface area contributed by atoms with Gasteiger partial charge in [-0.2, -0.15) is 0 Å². The number of fused-ring (bicyclic) bond motifs is 4. The van der Waals surface area contributed by atoms with E-state index in [0.717, 1.165) is 41.5 Å². The van der Waals surface area contributed by atoms with Crippen molar-refractivity contribution in [2.24, 2.45) is 0 Å². The summed E-state index contributed by atoms with van der Waals surface area (Å²) in [5.74, 6) is -13.1. The lowest BCUT2D eigenvalue weighted by molar-refractivity contribution is -0.0629. The van der Waals surface area contributed by atoms with E-state index in [2.05, 4.69) is 112 Å². The molecule has 8 fully saturated rings. The number of hydrogen-bond acceptors (Lipinski definition) is 40. The maximum absolute atomic E-state index is 14.9. The molecule has 40 nitrogen and oxygen atoms in total. The summed E-state index contributed by atoms with van der Waals surface area (Å²) in [4.78, 5) is 32.2. The number of nitrogens with zero attached hydrogens (tertiary/aromatic N) is 20. The number of aromatic nitrogens is 20. The molecule has 0 bridgehead atoms. The second-order valence-electron chi connectivity index (χ2n) is 29.6. The van der Waals surface area contributed by atoms with Crippen molar-refractivity contribution in [2.75, 3.05) is 96.8 Å². The molecule has 4 aromatic carbocycles. The highest BCUT2D eigenvalue weighted by molar-refractivity contribution is 7.99. The molecule has 776 valence electrons. The van der Waals surface area contributed by atoms with Gasteiger partial charge in [0.2, 0.25) is 0 Å². The monoisotopic (exact) mass is 2140 g/mol. The van der Waals surface area contributed by atoms with Gasteiger partial charge < -0.3 is 101 Å². The van der Waals surface area contributed by atoms with E-state index < -0.39 is 503 Å². The highest BCUT2D eigenvalue weighted by Crippen LogP contribution is 2.50. The van der Waals surface area contributed by atoms with Crippen LogP contribution in [-0.4, -0.2) is 334 Å². The van der Waals surface area contributed by atoms with Crippen molar-refractivity contribution < 1.29 is 191 Å². The van der Waals surface area contributed by atoms with E-state index >= 15 is 0 Å². The minimum Gasteiger partial charge on any atom is -0.394 e. The van der Waals surface area contributed by atoms with E-state index in [1.54, 1.807) is 0 Å². The fraction of sp³-hybridized carbons (Fsp3) is 0.583. The predicted octanol–water partition coefficient (Wildman–Crippen LogP) is 8.73. The molecule has 48 heteroatoms. The first-order chi connectivity index (χ1) is 94.8. The number of thioether (sulfide) groups is 4. The van der Waals surface area contributed by atoms with Gasteiger partial charge in [-0.05, 0) is 147 Å². The van der Waals surface area contributed by atoms with Crippen LogP contribution in [0.1, 0.15) is 290 Å². The number of anilines is 4. The van der Waals surface area contributed by atoms with Gasteiger partial charge in [-0.15, -0.1) is 20.4 Å². The second-order valence-corrected chi connectivity index (χ2v) is 32.7. The van der Waals surface area contributed by atoms with Gasteiger partial charge in [-0.3, -0.25) is 0 Å². The van der Waals surface area contributed by atoms with E-state index in [0.29, 0.717) is 0 Å². The average Bonchev–Trinajstić information content (AvgIpc) is 1.50. The first-order valence-electron chi connectivity index (χ1n) is 75.3. The van der Waals surface area contributed by atoms with Crippen LogP contribution in [0.25, 0.3) is 44.7 Å². The number of benzene rings is 4. The van der Waals surface area contributed by atoms with E-state index in [4.69, 9.17) is 103 Å². The van der Waals surface area contributed by atoms with Gasteiger partial charge in [0.1, 0.15) is 71.9 Å². The Morgan fingerprint density at radius 1 is 0.354 bits per heavy atom. The Bertz CT molecular complexity index is 10100. The Morgan fingerprint density at radius 3 is 0.854 bits per heavy atom. The molecule has 0 aliphatic heterocycles. The van der Waals surface area contributed by atoms with Crippen molar-refractivity contribution >= 4 is 115 Å². The number of aliphatic hydroxyl groups is 12. The van der Waals surface area contributed by atoms with Crippen molar-refractivity contribution in [1.82, 2.24) is 99.8 Å². The molecule has 8 aromatic heterocycles. The summed E-state index contributed by atoms with van der Waals surface area (Å²) >= 11 is 0.0551. The van der Waals surface area contributed by atoms with Gasteiger partial charge in [-0.1, -0.05) is 144 Å². The molecule has 8 aliphatic carbocycles. The Labute approximate surface area is 939 Å². The third kappa shape index (κ3) is 23.8. The predicted molar refractivity (Wildman–Crippen MR) is 530 cm³/mol. The maximum Gasteiger partial charge on any atom is 0.191 e. The van der Waals surface area contributed by atoms with Crippen LogP contribution in [0, 0.1) is 51.0 Å². The summed E-state index contributed by atoms with van der Waals surface area (Å²) in [6.45, 7) is -11.8. The molecule has 20 rings (SSSR count). The third-order valence-corrected chi connectivity index (χ3v) is 22.8. The molecule has 0 radical (unpaired) electrons. The second kappa shape index (κ2) is 47.3. The lowest BCUT2D eigenvalue weighted by Gasteiger charge is -2.17. The molecule has 12 aromatic rings. The van der Waals surface area contributed by atoms with E-state index in [1.165, 1.54) is 13.8 Å². The zero-order chi connectivity index (χ0) is 163. The summed E-state index contributed by atoms with van der Waals surface area (Å²) in [5, 5.41) is 164. The number of nitrogens with one attached hydrogen (secondary N) is 4. The molecule has 8 heterocycles. The van der Waals surface area contributed by atoms with Gasteiger partial charge in [0, 0.05) is 140 Å². The standard InChI is InChI=1S/4C24H31FN6O4S/c4*1-3-8-36-24-27-22(26-16-10-14(16)13-5-4-12(2)15(25)9-13)19-23(28-24)31(30-29-19)17-11-18(35-7-6-32)21(34)20(17)33/h4*4-5,9,14,16-18,20-21,32-34H,3,6-8,10-11H2,1-2H3,(H,26,27,28)/t4*14-,16+,17+,18-,20-,21+/m0000/s1/i3D2,4D,5D,6D2,7D2,8D2,9D,10D2,11D2,17D,18D,20D,21D;3D2,4D,5D,7D2,8D2,9D,10D2,11D2,17D,18D,20D,21D;3D2,4D,5D,6D2,8D2,9D,10D2,11D2,17D,18D,20D,21D;3D2,4D,5D,8D2,9D,10D2,11D2,17D,18D,20D,21D. The summed E-state index contributed by atoms with van der Waals surface area (Å²) in [6.07, 6.45) is -86.1. The molecular formula is C96H124F4N24O16S4. The van der Waals surface area contributed by atoms with Crippen LogP contribution >= 0.6 is 47.0 Å². The SMILES string of the molecule is [2H]c1c([2H])c([C@H]2[C@H](Nc3nc(SC([2H])([2H])C([2H])([2H])C)nc4c3nnn4[C@]3([2H])C([2H])([2H])[C@]([2H])(OC([2H])([2H])C([2H])([2H])O)[C@@]([2H])(O)[C@@]3([2H])O)C2([2H])[2H])c([2H])c(F)c1C.[2H]c1c([2H])c([C@H]2[C@H](Nc3nc(SC([2H])([2H])C([2H])([2H])C)nc4c3nnn4[C@]3([2H])C([2H])([2H])[C@]([2H])(OC([2H])([2H])CO)[C@@]([2H])(O)[C@@]3([2H])O)C2([2H])[2H])c([2H])c(F)c1C.[2H]c1c([2H])c([C@H]2[C@H](Nc3nc(SC([2H])([2H])C([2H])([2H])C)nc4c3nnn4[C@]3([2H])C([2H])([2H])[C@]([2H])(OCC([2H])([2H])O)[C@@]([2H])(O)[C@@]3([2H])O)C2([2H])[2H])c([2H])c(F)c1C.[2H]c1c([2H])c([C@H]2[C@H](Nc3nc(SC([2H])([2H])C([2H])([2H])C)nc4c3nnn4[C@]3([2H])C([2H])([2H])[C@]([2H])(OCCO)[C@@]([2H])(O)[C@@]3([2H])O)C2([2H])[2H])c([2H])c(F)c1C. The quantitative estimate of drug-likeness (QED) is 0.00969. The van der Waals surface area contributed by atoms with Gasteiger partial charge in [0.05, 0.1) is 150 Å². The fourth-order valence-electron chi connectivity index (χ4n) is 13.0. The Kier molecular flexibility index (Phi) is 16.5. The first-order valence-corrected chi connectivity index (χ1v) is 44.6. The lowest BCUT2D eigenvalue weighted by Crippen LogP contribution is -2.33. The van der Waals surface area contributed by atoms with Crippen molar-refractivity contribution in [3.63, 3.8) is 0 Å². The van der Waals surface area contributed by atoms with Crippen molar-refractivity contribution in [3.8, 4) is 0 Å². The van der Waals surface area contributed by atoms with E-state index in [9.17, 15) is 78.8 Å². The minimum atomic E-state index is -4.47. The van der Waals surface area contributed by atoms with Crippen LogP contribution in [0.4, 0.5) is 40.8 Å². The number of halogens is 4. The fourth-order valence-corrected chi connectivity index (χ4v) is 14.9. The highest BCUT2D eigenvalue weighted by Gasteiger charge is 2.51. The van der Waals surface area contributed by atoms with Crippen LogP contribution in [0.3, 0.4) is 0 Å². The largest absolute Gasteiger partial charge is 0.394 e. The lowest BCUT2D eigenvalue weighted by atomic mass is 10.1. The number of hydrogen-bond donors (Lipinski definition) is 16. The smallest absolute Gasteiger partial charge is 0.191 e. The molecular weight excluding hydrogens is 1950 g/mol. The summed E-state index contributed by atoms with van der Waals surface area (Å²) in [7, 11) is 0. The van der Waals surface area contributed by atoms with E-state index in [-0.39, 0.29) is 88.0 Å². The molecule has 0 spiro atoms. The van der Waals surface area contributed by atoms with Gasteiger partial charge in [0.15, 0.2) is 88.6 Å². The summed E-state index contributed by atoms with van der Waals surface area (Å²) in [5.41, 5.74) is -21.0. The van der Waals surface area contributed by atoms with Gasteiger partial charge in [0.25, 0.3) is 0 Å². The Morgan fingerprint density at radius 2 is 0.611 bits per heavy atom. The number of ether oxygens (including phenoxy) is 4. The summed E-state index contributed by atoms with van der Waals surface area (Å²) < 4.78 is 642.